The van der Waals surface area contributed by atoms with Gasteiger partial charge in [-0.2, -0.15) is 4.57 Å². The summed E-state index contributed by atoms with van der Waals surface area (Å²) in [6, 6.07) is 17.4. The highest BCUT2D eigenvalue weighted by Gasteiger charge is 2.37. The fraction of sp³-hybridized carbons (Fsp3) is 0.375. The predicted molar refractivity (Wildman–Crippen MR) is 122 cm³/mol. The number of para-hydroxylation sites is 2. The van der Waals surface area contributed by atoms with Gasteiger partial charge in [0, 0.05) is 19.2 Å². The van der Waals surface area contributed by atoms with Crippen LogP contribution in [0.1, 0.15) is 40.5 Å². The van der Waals surface area contributed by atoms with Gasteiger partial charge in [-0.15, -0.1) is 0 Å². The Morgan fingerprint density at radius 2 is 1.50 bits per heavy atom. The van der Waals surface area contributed by atoms with Crippen molar-refractivity contribution >= 4 is 13.9 Å². The van der Waals surface area contributed by atoms with E-state index in [1.807, 2.05) is 39.8 Å². The lowest BCUT2D eigenvalue weighted by Crippen LogP contribution is -2.38. The molecule has 0 fully saturated rings. The summed E-state index contributed by atoms with van der Waals surface area (Å²) in [4.78, 5) is 14.1. The number of hydrogen-bond acceptors (Lipinski definition) is 6. The largest absolute Gasteiger partial charge is 0.646 e. The molecule has 0 spiro atoms. The highest BCUT2D eigenvalue weighted by Crippen LogP contribution is 2.52. The maximum absolute atomic E-state index is 13.7. The van der Waals surface area contributed by atoms with E-state index in [1.54, 1.807) is 48.5 Å². The van der Waals surface area contributed by atoms with E-state index < -0.39 is 19.5 Å². The van der Waals surface area contributed by atoms with Gasteiger partial charge in [-0.05, 0) is 51.0 Å². The lowest BCUT2D eigenvalue weighted by atomic mass is 9.98. The molecule has 2 aromatic carbocycles. The number of ether oxygens (including phenoxy) is 1. The molecule has 0 saturated carbocycles. The van der Waals surface area contributed by atoms with Crippen LogP contribution in [0.15, 0.2) is 72.6 Å². The molecule has 7 nitrogen and oxygen atoms in total. The second-order valence-corrected chi connectivity index (χ2v) is 10.00. The van der Waals surface area contributed by atoms with E-state index in [2.05, 4.69) is 0 Å². The second-order valence-electron chi connectivity index (χ2n) is 8.55. The third kappa shape index (κ3) is 7.06. The number of phosphoric ester groups is 1. The summed E-state index contributed by atoms with van der Waals surface area (Å²) < 4.78 is 36.4. The molecule has 0 N–H and O–H groups in total. The van der Waals surface area contributed by atoms with Crippen molar-refractivity contribution in [2.45, 2.75) is 46.1 Å². The Morgan fingerprint density at radius 3 is 1.97 bits per heavy atom. The summed E-state index contributed by atoms with van der Waals surface area (Å²) in [5.41, 5.74) is -0.632. The fourth-order valence-electron chi connectivity index (χ4n) is 3.11. The maximum Gasteiger partial charge on any atom is 0.646 e. The van der Waals surface area contributed by atoms with Crippen LogP contribution in [0.2, 0.25) is 0 Å². The van der Waals surface area contributed by atoms with Gasteiger partial charge in [-0.3, -0.25) is 4.90 Å². The Morgan fingerprint density at radius 1 is 0.969 bits per heavy atom. The average Bonchev–Trinajstić information content (AvgIpc) is 2.73. The standard InChI is InChI=1S/C24H30NO6P/c1-5-19-16-22(18-25(17-19)23(26)28-24(2,3)4)31-32(27,29-20-12-8-6-9-13-20)30-21-14-10-7-11-15-21/h6-15,18-19H,5,16-17H2,1-4H3. The van der Waals surface area contributed by atoms with Gasteiger partial charge in [0.1, 0.15) is 22.9 Å². The Bertz CT molecular complexity index is 925. The number of hydrogen-bond donors (Lipinski definition) is 0. The SMILES string of the molecule is CCC1CC(OP(=O)(Oc2ccccc2)Oc2ccccc2)=CN(C(=O)OC(C)(C)C)C1. The van der Waals surface area contributed by atoms with Crippen molar-refractivity contribution in [1.82, 2.24) is 4.90 Å². The first kappa shape index (κ1) is 23.7. The van der Waals surface area contributed by atoms with E-state index in [0.29, 0.717) is 30.2 Å². The third-order valence-corrected chi connectivity index (χ3v) is 5.93. The van der Waals surface area contributed by atoms with Gasteiger partial charge >= 0.3 is 13.9 Å². The van der Waals surface area contributed by atoms with Crippen LogP contribution in [-0.4, -0.2) is 23.1 Å². The number of benzene rings is 2. The highest BCUT2D eigenvalue weighted by atomic mass is 31.2. The van der Waals surface area contributed by atoms with Gasteiger partial charge in [0.15, 0.2) is 0 Å². The first-order valence-corrected chi connectivity index (χ1v) is 12.1. The van der Waals surface area contributed by atoms with Crippen molar-refractivity contribution in [1.29, 1.82) is 0 Å². The second kappa shape index (κ2) is 10.1. The minimum Gasteiger partial charge on any atom is -0.443 e. The first-order chi connectivity index (χ1) is 15.2. The van der Waals surface area contributed by atoms with Gasteiger partial charge in [0.05, 0.1) is 0 Å². The zero-order chi connectivity index (χ0) is 23.2. The van der Waals surface area contributed by atoms with Crippen LogP contribution in [0.5, 0.6) is 11.5 Å². The minimum absolute atomic E-state index is 0.115. The molecule has 0 saturated heterocycles. The maximum atomic E-state index is 13.7. The molecule has 1 heterocycles. The van der Waals surface area contributed by atoms with Gasteiger partial charge in [-0.1, -0.05) is 49.7 Å². The number of allylic oxidation sites excluding steroid dienone is 1. The molecule has 1 aliphatic heterocycles. The lowest BCUT2D eigenvalue weighted by Gasteiger charge is -2.32. The van der Waals surface area contributed by atoms with Crippen LogP contribution < -0.4 is 9.05 Å². The molecule has 0 aromatic heterocycles. The summed E-state index contributed by atoms with van der Waals surface area (Å²) in [6.45, 7) is 7.94. The number of carbonyl (C=O) groups excluding carboxylic acids is 1. The molecule has 1 atom stereocenters. The van der Waals surface area contributed by atoms with Crippen LogP contribution in [0.25, 0.3) is 0 Å². The van der Waals surface area contributed by atoms with E-state index in [0.717, 1.165) is 6.42 Å². The van der Waals surface area contributed by atoms with Crippen molar-refractivity contribution in [2.24, 2.45) is 5.92 Å². The van der Waals surface area contributed by atoms with E-state index in [-0.39, 0.29) is 5.92 Å². The highest BCUT2D eigenvalue weighted by molar-refractivity contribution is 7.49. The zero-order valence-corrected chi connectivity index (χ0v) is 19.8. The minimum atomic E-state index is -4.11. The van der Waals surface area contributed by atoms with Crippen molar-refractivity contribution in [3.8, 4) is 11.5 Å². The molecule has 3 rings (SSSR count). The number of nitrogens with zero attached hydrogens (tertiary/aromatic N) is 1. The lowest BCUT2D eigenvalue weighted by molar-refractivity contribution is 0.0280. The van der Waals surface area contributed by atoms with Gasteiger partial charge in [0.25, 0.3) is 0 Å². The number of phosphoric acid groups is 1. The predicted octanol–water partition coefficient (Wildman–Crippen LogP) is 6.78. The molecule has 1 amide bonds. The molecule has 1 aliphatic rings. The zero-order valence-electron chi connectivity index (χ0n) is 18.9. The van der Waals surface area contributed by atoms with Gasteiger partial charge in [-0.25, -0.2) is 4.79 Å². The number of carbonyl (C=O) groups is 1. The van der Waals surface area contributed by atoms with E-state index in [1.165, 1.54) is 11.1 Å². The van der Waals surface area contributed by atoms with Gasteiger partial charge in [0.2, 0.25) is 0 Å². The average molecular weight is 459 g/mol. The molecule has 32 heavy (non-hydrogen) atoms. The Kier molecular flexibility index (Phi) is 7.52. The van der Waals surface area contributed by atoms with Crippen LogP contribution in [-0.2, 0) is 13.8 Å². The Labute approximate surface area is 189 Å². The molecule has 1 unspecified atom stereocenters. The number of amides is 1. The molecule has 8 heteroatoms. The van der Waals surface area contributed by atoms with E-state index >= 15 is 0 Å². The topological polar surface area (TPSA) is 74.3 Å². The molecular weight excluding hydrogens is 429 g/mol. The molecule has 0 aliphatic carbocycles. The molecule has 2 aromatic rings. The van der Waals surface area contributed by atoms with Crippen LogP contribution in [0.4, 0.5) is 4.79 Å². The Balaban J connectivity index is 1.87. The van der Waals surface area contributed by atoms with Crippen molar-refractivity contribution in [3.63, 3.8) is 0 Å². The Hall–Kier alpha value is -2.92. The molecule has 0 bridgehead atoms. The van der Waals surface area contributed by atoms with Crippen LogP contribution in [0, 0.1) is 5.92 Å². The quantitative estimate of drug-likeness (QED) is 0.425. The monoisotopic (exact) mass is 459 g/mol. The smallest absolute Gasteiger partial charge is 0.443 e. The molecule has 172 valence electrons. The van der Waals surface area contributed by atoms with E-state index in [9.17, 15) is 9.36 Å². The summed E-state index contributed by atoms with van der Waals surface area (Å²) in [6.07, 6.45) is 2.34. The van der Waals surface area contributed by atoms with E-state index in [4.69, 9.17) is 18.3 Å². The van der Waals surface area contributed by atoms with Gasteiger partial charge < -0.3 is 18.3 Å². The molecular formula is C24H30NO6P. The first-order valence-electron chi connectivity index (χ1n) is 10.6. The summed E-state index contributed by atoms with van der Waals surface area (Å²) >= 11 is 0. The number of rotatable bonds is 7. The summed E-state index contributed by atoms with van der Waals surface area (Å²) in [5, 5.41) is 0. The summed E-state index contributed by atoms with van der Waals surface area (Å²) in [5.74, 6) is 1.15. The van der Waals surface area contributed by atoms with Crippen molar-refractivity contribution < 1.29 is 27.7 Å². The third-order valence-electron chi connectivity index (χ3n) is 4.60. The van der Waals surface area contributed by atoms with Crippen molar-refractivity contribution in [3.05, 3.63) is 72.6 Å². The van der Waals surface area contributed by atoms with Crippen molar-refractivity contribution in [2.75, 3.05) is 6.54 Å². The molecule has 0 radical (unpaired) electrons. The normalized spacial score (nSPS) is 16.7. The summed E-state index contributed by atoms with van der Waals surface area (Å²) in [7, 11) is -4.11. The fourth-order valence-corrected chi connectivity index (χ4v) is 4.39. The van der Waals surface area contributed by atoms with Crippen LogP contribution >= 0.6 is 7.82 Å². The van der Waals surface area contributed by atoms with Crippen LogP contribution in [0.3, 0.4) is 0 Å².